The maximum absolute atomic E-state index is 9.88. The zero-order valence-electron chi connectivity index (χ0n) is 25.4. The fourth-order valence-corrected chi connectivity index (χ4v) is 9.00. The van der Waals surface area contributed by atoms with Crippen LogP contribution in [0.15, 0.2) is 114 Å². The maximum atomic E-state index is 9.88. The highest BCUT2D eigenvalue weighted by Gasteiger charge is 2.26. The van der Waals surface area contributed by atoms with Crippen molar-refractivity contribution < 1.29 is 4.42 Å². The van der Waals surface area contributed by atoms with Crippen LogP contribution < -0.4 is 5.22 Å². The Labute approximate surface area is 286 Å². The zero-order chi connectivity index (χ0) is 32.2. The number of nitrogens with zero attached hydrogens (tertiary/aromatic N) is 3. The summed E-state index contributed by atoms with van der Waals surface area (Å²) < 4.78 is 6.73. The van der Waals surface area contributed by atoms with E-state index in [0.717, 1.165) is 43.7 Å². The molecule has 1 aliphatic rings. The molecule has 8 aromatic rings. The van der Waals surface area contributed by atoms with Crippen molar-refractivity contribution >= 4 is 98.7 Å². The molecule has 1 aliphatic carbocycles. The third-order valence-electron chi connectivity index (χ3n) is 8.86. The Morgan fingerprint density at radius 3 is 2.23 bits per heavy atom. The molecule has 0 N–H and O–H groups in total. The van der Waals surface area contributed by atoms with E-state index in [0.29, 0.717) is 11.3 Å². The number of hydrogen-bond donors (Lipinski definition) is 0. The van der Waals surface area contributed by atoms with Crippen LogP contribution in [0, 0.1) is 11.3 Å². The second kappa shape index (κ2) is 11.7. The van der Waals surface area contributed by atoms with Gasteiger partial charge in [0.2, 0.25) is 0 Å². The summed E-state index contributed by atoms with van der Waals surface area (Å²) in [4.78, 5) is 13.4. The number of aromatic nitrogens is 2. The van der Waals surface area contributed by atoms with E-state index < -0.39 is 0 Å². The van der Waals surface area contributed by atoms with Crippen molar-refractivity contribution in [1.29, 1.82) is 5.26 Å². The van der Waals surface area contributed by atoms with Crippen molar-refractivity contribution in [3.8, 4) is 16.7 Å². The molecule has 9 rings (SSSR count). The smallest absolute Gasteiger partial charge is 0.153 e. The number of hydrogen-bond acceptors (Lipinski definition) is 6. The van der Waals surface area contributed by atoms with Crippen LogP contribution in [0.1, 0.15) is 31.6 Å². The van der Waals surface area contributed by atoms with Gasteiger partial charge in [-0.1, -0.05) is 42.5 Å². The lowest BCUT2D eigenvalue weighted by atomic mass is 9.95. The zero-order valence-corrected chi connectivity index (χ0v) is 28.0. The Hall–Kier alpha value is -5.44. The molecule has 0 unspecified atom stereocenters. The molecule has 0 amide bonds. The van der Waals surface area contributed by atoms with E-state index in [1.165, 1.54) is 48.2 Å². The summed E-state index contributed by atoms with van der Waals surface area (Å²) in [6.45, 7) is 0. The number of benzene rings is 3. The lowest BCUT2D eigenvalue weighted by Crippen LogP contribution is -2.06. The molecular formula is C41H24N3OPS2. The summed E-state index contributed by atoms with van der Waals surface area (Å²) in [5.41, 5.74) is 6.69. The standard InChI is InChI=1S/C41H24N3OPS2/c42-22-25(32-10-1-3-17-43-32)19-27-13-15-35(47-27)31-21-24-7-5-8-29-37(24)38(31)30-9-6-12-34-39(30)40(29)41(45-34)36-16-14-28(48-36)20-26(23-46)33-11-2-4-18-44-33/h1-20,23,46H,21H2/b25-19+,26-20+. The van der Waals surface area contributed by atoms with Crippen molar-refractivity contribution in [3.63, 3.8) is 0 Å². The van der Waals surface area contributed by atoms with Gasteiger partial charge in [-0.05, 0) is 105 Å². The molecule has 226 valence electrons. The second-order valence-electron chi connectivity index (χ2n) is 11.6. The molecule has 0 atom stereocenters. The summed E-state index contributed by atoms with van der Waals surface area (Å²) in [6.07, 6.45) is 8.48. The van der Waals surface area contributed by atoms with E-state index >= 15 is 0 Å². The summed E-state index contributed by atoms with van der Waals surface area (Å²) >= 11 is 3.43. The Morgan fingerprint density at radius 2 is 1.46 bits per heavy atom. The van der Waals surface area contributed by atoms with Gasteiger partial charge in [0, 0.05) is 49.8 Å². The fourth-order valence-electron chi connectivity index (χ4n) is 6.82. The van der Waals surface area contributed by atoms with E-state index in [9.17, 15) is 5.26 Å². The van der Waals surface area contributed by atoms with E-state index in [2.05, 4.69) is 91.6 Å². The third kappa shape index (κ3) is 4.67. The van der Waals surface area contributed by atoms with Crippen molar-refractivity contribution in [2.45, 2.75) is 6.42 Å². The molecule has 0 spiro atoms. The Bertz CT molecular complexity index is 2730. The number of furan rings is 1. The normalized spacial score (nSPS) is 13.2. The predicted molar refractivity (Wildman–Crippen MR) is 204 cm³/mol. The lowest BCUT2D eigenvalue weighted by molar-refractivity contribution is 0.636. The highest BCUT2D eigenvalue weighted by atomic mass is 32.1. The Kier molecular flexibility index (Phi) is 6.99. The number of allylic oxidation sites excluding steroid dienone is 2. The molecule has 0 fully saturated rings. The molecule has 0 bridgehead atoms. The van der Waals surface area contributed by atoms with Crippen molar-refractivity contribution in [1.82, 2.24) is 9.97 Å². The van der Waals surface area contributed by atoms with Gasteiger partial charge in [0.15, 0.2) is 5.76 Å². The van der Waals surface area contributed by atoms with Gasteiger partial charge < -0.3 is 4.42 Å². The SMILES string of the molecule is N#C/C(=C\c1ccc(C2=c3c4cccc5oc(-c6ccc(/C=C(\C=P)c7ccccn7)s6)c(c6cccc(c36)C2)c54)s1)c1ccccn1. The van der Waals surface area contributed by atoms with Gasteiger partial charge in [-0.15, -0.1) is 31.5 Å². The topological polar surface area (TPSA) is 62.7 Å². The van der Waals surface area contributed by atoms with Gasteiger partial charge in [0.05, 0.1) is 21.8 Å². The van der Waals surface area contributed by atoms with Crippen LogP contribution in [-0.2, 0) is 6.42 Å². The summed E-state index contributed by atoms with van der Waals surface area (Å²) in [7, 11) is 3.59. The summed E-state index contributed by atoms with van der Waals surface area (Å²) in [6, 6.07) is 35.6. The van der Waals surface area contributed by atoms with Crippen LogP contribution in [0.25, 0.3) is 72.0 Å². The predicted octanol–water partition coefficient (Wildman–Crippen LogP) is 10.3. The molecule has 7 heteroatoms. The van der Waals surface area contributed by atoms with Gasteiger partial charge in [0.25, 0.3) is 0 Å². The Morgan fingerprint density at radius 1 is 0.729 bits per heavy atom. The van der Waals surface area contributed by atoms with Gasteiger partial charge in [-0.25, -0.2) is 0 Å². The first-order chi connectivity index (χ1) is 23.7. The minimum atomic E-state index is 0.557. The molecule has 0 aliphatic heterocycles. The fraction of sp³-hybridized carbons (Fsp3) is 0.0244. The third-order valence-corrected chi connectivity index (χ3v) is 11.3. The Balaban J connectivity index is 1.21. The van der Waals surface area contributed by atoms with Gasteiger partial charge in [0.1, 0.15) is 11.7 Å². The number of fused-ring (bicyclic) bond motifs is 2. The largest absolute Gasteiger partial charge is 0.455 e. The van der Waals surface area contributed by atoms with Crippen LogP contribution in [0.3, 0.4) is 0 Å². The maximum Gasteiger partial charge on any atom is 0.153 e. The van der Waals surface area contributed by atoms with E-state index in [1.807, 2.05) is 54.5 Å². The van der Waals surface area contributed by atoms with Crippen LogP contribution >= 0.6 is 31.5 Å². The second-order valence-corrected chi connectivity index (χ2v) is 14.1. The number of thiophene rings is 2. The van der Waals surface area contributed by atoms with Gasteiger partial charge in [-0.2, -0.15) is 5.26 Å². The van der Waals surface area contributed by atoms with Crippen LogP contribution in [0.4, 0.5) is 0 Å². The molecule has 3 aromatic carbocycles. The van der Waals surface area contributed by atoms with Gasteiger partial charge in [-0.3, -0.25) is 9.97 Å². The first-order valence-electron chi connectivity index (χ1n) is 15.5. The minimum absolute atomic E-state index is 0.557. The van der Waals surface area contributed by atoms with Crippen LogP contribution in [0.5, 0.6) is 0 Å². The molecule has 4 nitrogen and oxygen atoms in total. The summed E-state index contributed by atoms with van der Waals surface area (Å²) in [5.74, 6) is 2.82. The quantitative estimate of drug-likeness (QED) is 0.0963. The van der Waals surface area contributed by atoms with Crippen LogP contribution in [0.2, 0.25) is 0 Å². The first kappa shape index (κ1) is 28.8. The highest BCUT2D eigenvalue weighted by molar-refractivity contribution is 7.21. The highest BCUT2D eigenvalue weighted by Crippen LogP contribution is 2.45. The molecular weight excluding hydrogens is 646 g/mol. The monoisotopic (exact) mass is 669 g/mol. The first-order valence-corrected chi connectivity index (χ1v) is 17.7. The van der Waals surface area contributed by atoms with Crippen molar-refractivity contribution in [2.24, 2.45) is 0 Å². The number of rotatable bonds is 7. The van der Waals surface area contributed by atoms with Crippen molar-refractivity contribution in [2.75, 3.05) is 0 Å². The number of pyridine rings is 2. The molecule has 0 radical (unpaired) electrons. The summed E-state index contributed by atoms with van der Waals surface area (Å²) in [5, 5.41) is 17.2. The van der Waals surface area contributed by atoms with Crippen LogP contribution in [-0.4, -0.2) is 15.8 Å². The lowest BCUT2D eigenvalue weighted by Gasteiger charge is -2.06. The van der Waals surface area contributed by atoms with Gasteiger partial charge >= 0.3 is 0 Å². The molecule has 5 heterocycles. The molecule has 5 aromatic heterocycles. The average molecular weight is 670 g/mol. The van der Waals surface area contributed by atoms with Crippen molar-refractivity contribution in [3.05, 3.63) is 146 Å². The minimum Gasteiger partial charge on any atom is -0.455 e. The number of nitriles is 1. The molecule has 0 saturated carbocycles. The molecule has 48 heavy (non-hydrogen) atoms. The average Bonchev–Trinajstić information content (AvgIpc) is 3.95. The van der Waals surface area contributed by atoms with E-state index in [-0.39, 0.29) is 0 Å². The van der Waals surface area contributed by atoms with E-state index in [4.69, 9.17) is 4.42 Å². The van der Waals surface area contributed by atoms with E-state index in [1.54, 1.807) is 28.9 Å². The molecule has 0 saturated heterocycles.